The highest BCUT2D eigenvalue weighted by molar-refractivity contribution is 5.76. The molecule has 0 radical (unpaired) electrons. The molecule has 5 heteroatoms. The molecule has 0 saturated heterocycles. The Balaban J connectivity index is 2.18. The molecule has 1 aliphatic heterocycles. The van der Waals surface area contributed by atoms with Crippen LogP contribution in [0.25, 0.3) is 0 Å². The molecule has 0 spiro atoms. The maximum absolute atomic E-state index is 14.0. The van der Waals surface area contributed by atoms with Crippen LogP contribution >= 0.6 is 0 Å². The van der Waals surface area contributed by atoms with Gasteiger partial charge in [0.2, 0.25) is 0 Å². The van der Waals surface area contributed by atoms with Gasteiger partial charge < -0.3 is 9.64 Å². The third-order valence-corrected chi connectivity index (χ3v) is 3.14. The van der Waals surface area contributed by atoms with E-state index in [4.69, 9.17) is 4.74 Å². The number of hydrogen-bond acceptors (Lipinski definition) is 3. The average molecular weight is 279 g/mol. The van der Waals surface area contributed by atoms with Gasteiger partial charge in [-0.25, -0.2) is 9.18 Å². The Kier molecular flexibility index (Phi) is 3.79. The normalized spacial score (nSPS) is 14.7. The van der Waals surface area contributed by atoms with Crippen LogP contribution in [0, 0.1) is 5.82 Å². The summed E-state index contributed by atoms with van der Waals surface area (Å²) in [5, 5.41) is 0. The molecule has 0 atom stereocenters. The van der Waals surface area contributed by atoms with E-state index < -0.39 is 17.5 Å². The zero-order chi connectivity index (χ0) is 14.9. The zero-order valence-electron chi connectivity index (χ0n) is 11.9. The summed E-state index contributed by atoms with van der Waals surface area (Å²) in [6, 6.07) is 3.14. The van der Waals surface area contributed by atoms with Crippen molar-refractivity contribution in [3.05, 3.63) is 34.6 Å². The molecule has 1 aromatic carbocycles. The number of carbonyl (C=O) groups excluding carboxylic acids is 2. The Morgan fingerprint density at radius 1 is 1.40 bits per heavy atom. The molecule has 108 valence electrons. The summed E-state index contributed by atoms with van der Waals surface area (Å²) >= 11 is 0. The minimum Gasteiger partial charge on any atom is -0.444 e. The monoisotopic (exact) mass is 279 g/mol. The first-order chi connectivity index (χ1) is 9.31. The number of carbonyl (C=O) groups is 2. The third kappa shape index (κ3) is 2.98. The van der Waals surface area contributed by atoms with Gasteiger partial charge in [0.25, 0.3) is 0 Å². The number of ether oxygens (including phenoxy) is 1. The SMILES string of the molecule is CC(C)(C)OC(=O)N1CCc2c(ccc(C=O)c2F)C1. The van der Waals surface area contributed by atoms with Crippen LogP contribution in [-0.2, 0) is 17.7 Å². The van der Waals surface area contributed by atoms with Crippen molar-refractivity contribution in [2.75, 3.05) is 6.54 Å². The van der Waals surface area contributed by atoms with Gasteiger partial charge in [-0.05, 0) is 44.4 Å². The van der Waals surface area contributed by atoms with Crippen molar-refractivity contribution in [3.63, 3.8) is 0 Å². The van der Waals surface area contributed by atoms with Crippen molar-refractivity contribution >= 4 is 12.4 Å². The summed E-state index contributed by atoms with van der Waals surface area (Å²) < 4.78 is 19.3. The number of benzene rings is 1. The Bertz CT molecular complexity index is 549. The molecule has 0 N–H and O–H groups in total. The molecule has 1 aromatic rings. The minimum absolute atomic E-state index is 0.0643. The van der Waals surface area contributed by atoms with E-state index in [9.17, 15) is 14.0 Å². The van der Waals surface area contributed by atoms with E-state index in [1.165, 1.54) is 6.07 Å². The highest BCUT2D eigenvalue weighted by Crippen LogP contribution is 2.24. The molecule has 0 aromatic heterocycles. The smallest absolute Gasteiger partial charge is 0.410 e. The van der Waals surface area contributed by atoms with Crippen LogP contribution in [0.3, 0.4) is 0 Å². The third-order valence-electron chi connectivity index (χ3n) is 3.14. The van der Waals surface area contributed by atoms with Crippen molar-refractivity contribution < 1.29 is 18.7 Å². The molecule has 1 aliphatic rings. The van der Waals surface area contributed by atoms with E-state index in [-0.39, 0.29) is 5.56 Å². The second kappa shape index (κ2) is 5.23. The van der Waals surface area contributed by atoms with E-state index in [1.807, 2.05) is 0 Å². The van der Waals surface area contributed by atoms with Gasteiger partial charge in [0, 0.05) is 13.1 Å². The van der Waals surface area contributed by atoms with E-state index in [0.29, 0.717) is 31.4 Å². The van der Waals surface area contributed by atoms with Crippen LogP contribution in [-0.4, -0.2) is 29.4 Å². The summed E-state index contributed by atoms with van der Waals surface area (Å²) in [5.74, 6) is -0.471. The number of hydrogen-bond donors (Lipinski definition) is 0. The number of fused-ring (bicyclic) bond motifs is 1. The maximum Gasteiger partial charge on any atom is 0.410 e. The van der Waals surface area contributed by atoms with Crippen molar-refractivity contribution in [1.29, 1.82) is 0 Å². The van der Waals surface area contributed by atoms with E-state index in [1.54, 1.807) is 31.7 Å². The molecule has 4 nitrogen and oxygen atoms in total. The highest BCUT2D eigenvalue weighted by Gasteiger charge is 2.27. The van der Waals surface area contributed by atoms with Crippen molar-refractivity contribution in [3.8, 4) is 0 Å². The van der Waals surface area contributed by atoms with E-state index in [2.05, 4.69) is 0 Å². The predicted molar refractivity (Wildman–Crippen MR) is 72.1 cm³/mol. The van der Waals surface area contributed by atoms with Crippen LogP contribution in [0.15, 0.2) is 12.1 Å². The number of halogens is 1. The summed E-state index contributed by atoms with van der Waals surface area (Å²) in [7, 11) is 0. The first-order valence-corrected chi connectivity index (χ1v) is 6.55. The quantitative estimate of drug-likeness (QED) is 0.742. The Labute approximate surface area is 117 Å². The lowest BCUT2D eigenvalue weighted by Crippen LogP contribution is -2.40. The number of amides is 1. The fourth-order valence-corrected chi connectivity index (χ4v) is 2.20. The van der Waals surface area contributed by atoms with Gasteiger partial charge in [-0.3, -0.25) is 4.79 Å². The second-order valence-corrected chi connectivity index (χ2v) is 5.88. The average Bonchev–Trinajstić information content (AvgIpc) is 2.37. The molecule has 0 unspecified atom stereocenters. The first kappa shape index (κ1) is 14.5. The van der Waals surface area contributed by atoms with Gasteiger partial charge in [0.15, 0.2) is 6.29 Å². The molecular weight excluding hydrogens is 261 g/mol. The van der Waals surface area contributed by atoms with E-state index >= 15 is 0 Å². The lowest BCUT2D eigenvalue weighted by atomic mass is 9.97. The summed E-state index contributed by atoms with van der Waals surface area (Å²) in [6.07, 6.45) is 0.501. The number of aldehydes is 1. The first-order valence-electron chi connectivity index (χ1n) is 6.55. The van der Waals surface area contributed by atoms with E-state index in [0.717, 1.165) is 5.56 Å². The molecule has 1 heterocycles. The molecule has 0 saturated carbocycles. The topological polar surface area (TPSA) is 46.6 Å². The molecule has 20 heavy (non-hydrogen) atoms. The van der Waals surface area contributed by atoms with Crippen molar-refractivity contribution in [2.24, 2.45) is 0 Å². The second-order valence-electron chi connectivity index (χ2n) is 5.88. The van der Waals surface area contributed by atoms with Gasteiger partial charge >= 0.3 is 6.09 Å². The predicted octanol–water partition coefficient (Wildman–Crippen LogP) is 2.93. The lowest BCUT2D eigenvalue weighted by molar-refractivity contribution is 0.0222. The van der Waals surface area contributed by atoms with Crippen LogP contribution in [0.5, 0.6) is 0 Å². The zero-order valence-corrected chi connectivity index (χ0v) is 11.9. The molecule has 0 bridgehead atoms. The van der Waals surface area contributed by atoms with Gasteiger partial charge in [-0.1, -0.05) is 6.07 Å². The van der Waals surface area contributed by atoms with Crippen LogP contribution < -0.4 is 0 Å². The molecular formula is C15H18FNO3. The molecule has 0 fully saturated rings. The largest absolute Gasteiger partial charge is 0.444 e. The van der Waals surface area contributed by atoms with Gasteiger partial charge in [0.05, 0.1) is 5.56 Å². The van der Waals surface area contributed by atoms with Crippen LogP contribution in [0.1, 0.15) is 42.3 Å². The number of rotatable bonds is 1. The maximum atomic E-state index is 14.0. The number of nitrogens with zero attached hydrogens (tertiary/aromatic N) is 1. The van der Waals surface area contributed by atoms with Crippen LogP contribution in [0.4, 0.5) is 9.18 Å². The summed E-state index contributed by atoms with van der Waals surface area (Å²) in [6.45, 7) is 6.11. The highest BCUT2D eigenvalue weighted by atomic mass is 19.1. The Hall–Kier alpha value is -1.91. The van der Waals surface area contributed by atoms with Gasteiger partial charge in [0.1, 0.15) is 11.4 Å². The summed E-state index contributed by atoms with van der Waals surface area (Å²) in [4.78, 5) is 24.3. The lowest BCUT2D eigenvalue weighted by Gasteiger charge is -2.31. The van der Waals surface area contributed by atoms with Crippen LogP contribution in [0.2, 0.25) is 0 Å². The summed E-state index contributed by atoms with van der Waals surface area (Å²) in [5.41, 5.74) is 0.762. The van der Waals surface area contributed by atoms with Gasteiger partial charge in [-0.2, -0.15) is 0 Å². The molecule has 0 aliphatic carbocycles. The fourth-order valence-electron chi connectivity index (χ4n) is 2.20. The molecule has 2 rings (SSSR count). The minimum atomic E-state index is -0.552. The standard InChI is InChI=1S/C15H18FNO3/c1-15(2,3)20-14(19)17-7-6-12-10(8-17)4-5-11(9-18)13(12)16/h4-5,9H,6-8H2,1-3H3. The fraction of sp³-hybridized carbons (Fsp3) is 0.467. The molecule has 1 amide bonds. The Morgan fingerprint density at radius 3 is 2.70 bits per heavy atom. The van der Waals surface area contributed by atoms with Crippen molar-refractivity contribution in [1.82, 2.24) is 4.90 Å². The Morgan fingerprint density at radius 2 is 2.10 bits per heavy atom. The van der Waals surface area contributed by atoms with Crippen molar-refractivity contribution in [2.45, 2.75) is 39.3 Å². The van der Waals surface area contributed by atoms with Gasteiger partial charge in [-0.15, -0.1) is 0 Å².